The fourth-order valence-corrected chi connectivity index (χ4v) is 3.25. The van der Waals surface area contributed by atoms with Crippen molar-refractivity contribution in [3.63, 3.8) is 0 Å². The summed E-state index contributed by atoms with van der Waals surface area (Å²) in [4.78, 5) is 15.5. The summed E-state index contributed by atoms with van der Waals surface area (Å²) < 4.78 is 40.1. The molecule has 2 aliphatic rings. The number of rotatable bonds is 2. The Morgan fingerprint density at radius 2 is 1.65 bits per heavy atom. The number of urea groups is 1. The van der Waals surface area contributed by atoms with Crippen LogP contribution in [0.15, 0.2) is 12.1 Å². The molecule has 1 aromatic carbocycles. The Balaban J connectivity index is 1.58. The minimum Gasteiger partial charge on any atom is -0.366 e. The molecule has 0 atom stereocenters. The Hall–Kier alpha value is -1.92. The Kier molecular flexibility index (Phi) is 4.63. The molecule has 23 heavy (non-hydrogen) atoms. The molecule has 1 N–H and O–H groups in total. The lowest BCUT2D eigenvalue weighted by molar-refractivity contribution is 0.190. The summed E-state index contributed by atoms with van der Waals surface area (Å²) in [5.41, 5.74) is 0.0414. The lowest BCUT2D eigenvalue weighted by Gasteiger charge is -2.36. The van der Waals surface area contributed by atoms with Crippen LogP contribution < -0.4 is 10.2 Å². The van der Waals surface area contributed by atoms with Gasteiger partial charge < -0.3 is 15.1 Å². The van der Waals surface area contributed by atoms with E-state index in [1.165, 1.54) is 6.07 Å². The summed E-state index contributed by atoms with van der Waals surface area (Å²) in [5, 5.41) is 3.02. The van der Waals surface area contributed by atoms with Gasteiger partial charge in [0.2, 0.25) is 0 Å². The number of halogens is 3. The third-order valence-electron chi connectivity index (χ3n) is 4.61. The van der Waals surface area contributed by atoms with Crippen molar-refractivity contribution in [3.05, 3.63) is 29.6 Å². The summed E-state index contributed by atoms with van der Waals surface area (Å²) in [6, 6.07) is 2.32. The summed E-state index contributed by atoms with van der Waals surface area (Å²) in [6.07, 6.45) is 4.33. The molecule has 2 fully saturated rings. The zero-order valence-corrected chi connectivity index (χ0v) is 12.8. The van der Waals surface area contributed by atoms with Gasteiger partial charge in [-0.25, -0.2) is 18.0 Å². The van der Waals surface area contributed by atoms with E-state index in [9.17, 15) is 18.0 Å². The SMILES string of the molecule is O=C(NC1CCCC1)N1CCN(c2ccc(F)c(F)c2F)CC1. The predicted molar refractivity (Wildman–Crippen MR) is 80.9 cm³/mol. The maximum atomic E-state index is 13.8. The second-order valence-corrected chi connectivity index (χ2v) is 6.10. The molecule has 1 aromatic rings. The zero-order valence-electron chi connectivity index (χ0n) is 12.8. The van der Waals surface area contributed by atoms with Crippen LogP contribution in [0.5, 0.6) is 0 Å². The zero-order chi connectivity index (χ0) is 16.4. The van der Waals surface area contributed by atoms with E-state index in [0.29, 0.717) is 26.2 Å². The van der Waals surface area contributed by atoms with E-state index in [4.69, 9.17) is 0 Å². The minimum absolute atomic E-state index is 0.0414. The van der Waals surface area contributed by atoms with Crippen LogP contribution in [-0.4, -0.2) is 43.2 Å². The van der Waals surface area contributed by atoms with Crippen molar-refractivity contribution in [3.8, 4) is 0 Å². The smallest absolute Gasteiger partial charge is 0.317 e. The molecule has 1 aliphatic carbocycles. The molecule has 1 saturated heterocycles. The molecule has 1 saturated carbocycles. The van der Waals surface area contributed by atoms with Crippen molar-refractivity contribution in [2.45, 2.75) is 31.7 Å². The van der Waals surface area contributed by atoms with Crippen LogP contribution in [0.4, 0.5) is 23.7 Å². The summed E-state index contributed by atoms with van der Waals surface area (Å²) in [5.74, 6) is -3.82. The van der Waals surface area contributed by atoms with Crippen molar-refractivity contribution >= 4 is 11.7 Å². The first-order valence-electron chi connectivity index (χ1n) is 8.00. The molecule has 2 amide bonds. The van der Waals surface area contributed by atoms with Gasteiger partial charge in [-0.15, -0.1) is 0 Å². The Bertz CT molecular complexity index is 582. The Morgan fingerprint density at radius 1 is 1.00 bits per heavy atom. The first-order chi connectivity index (χ1) is 11.1. The first-order valence-corrected chi connectivity index (χ1v) is 8.00. The molecule has 126 valence electrons. The highest BCUT2D eigenvalue weighted by Gasteiger charge is 2.26. The molecule has 1 aliphatic heterocycles. The van der Waals surface area contributed by atoms with E-state index < -0.39 is 17.5 Å². The van der Waals surface area contributed by atoms with Crippen LogP contribution in [0.25, 0.3) is 0 Å². The van der Waals surface area contributed by atoms with Crippen LogP contribution in [0.1, 0.15) is 25.7 Å². The number of anilines is 1. The maximum Gasteiger partial charge on any atom is 0.317 e. The van der Waals surface area contributed by atoms with Gasteiger partial charge >= 0.3 is 6.03 Å². The minimum atomic E-state index is -1.45. The van der Waals surface area contributed by atoms with Crippen molar-refractivity contribution in [2.24, 2.45) is 0 Å². The number of benzene rings is 1. The van der Waals surface area contributed by atoms with E-state index in [1.54, 1.807) is 9.80 Å². The highest BCUT2D eigenvalue weighted by atomic mass is 19.2. The monoisotopic (exact) mass is 327 g/mol. The van der Waals surface area contributed by atoms with Crippen molar-refractivity contribution in [1.29, 1.82) is 0 Å². The molecule has 7 heteroatoms. The van der Waals surface area contributed by atoms with E-state index in [2.05, 4.69) is 5.32 Å². The van der Waals surface area contributed by atoms with Gasteiger partial charge in [0.15, 0.2) is 17.5 Å². The fourth-order valence-electron chi connectivity index (χ4n) is 3.25. The van der Waals surface area contributed by atoms with Crippen LogP contribution in [0, 0.1) is 17.5 Å². The Labute approximate surface area is 133 Å². The molecule has 0 bridgehead atoms. The van der Waals surface area contributed by atoms with Gasteiger partial charge in [0.25, 0.3) is 0 Å². The van der Waals surface area contributed by atoms with Gasteiger partial charge in [-0.05, 0) is 25.0 Å². The second-order valence-electron chi connectivity index (χ2n) is 6.10. The van der Waals surface area contributed by atoms with Crippen LogP contribution in [-0.2, 0) is 0 Å². The van der Waals surface area contributed by atoms with Crippen molar-refractivity contribution < 1.29 is 18.0 Å². The number of nitrogens with one attached hydrogen (secondary N) is 1. The van der Waals surface area contributed by atoms with E-state index >= 15 is 0 Å². The molecule has 3 rings (SSSR count). The lowest BCUT2D eigenvalue weighted by atomic mass is 10.2. The Morgan fingerprint density at radius 3 is 2.30 bits per heavy atom. The third-order valence-corrected chi connectivity index (χ3v) is 4.61. The number of piperazine rings is 1. The van der Waals surface area contributed by atoms with Gasteiger partial charge in [-0.3, -0.25) is 0 Å². The molecular formula is C16H20F3N3O. The van der Waals surface area contributed by atoms with E-state index in [1.807, 2.05) is 0 Å². The molecule has 0 unspecified atom stereocenters. The number of hydrogen-bond donors (Lipinski definition) is 1. The maximum absolute atomic E-state index is 13.8. The highest BCUT2D eigenvalue weighted by Crippen LogP contribution is 2.25. The number of amides is 2. The predicted octanol–water partition coefficient (Wildman–Crippen LogP) is 2.88. The average molecular weight is 327 g/mol. The van der Waals surface area contributed by atoms with Crippen LogP contribution in [0.3, 0.4) is 0 Å². The molecule has 0 spiro atoms. The third kappa shape index (κ3) is 3.38. The summed E-state index contributed by atoms with van der Waals surface area (Å²) in [6.45, 7) is 1.63. The topological polar surface area (TPSA) is 35.6 Å². The summed E-state index contributed by atoms with van der Waals surface area (Å²) in [7, 11) is 0. The quantitative estimate of drug-likeness (QED) is 0.848. The van der Waals surface area contributed by atoms with Crippen molar-refractivity contribution in [2.75, 3.05) is 31.1 Å². The summed E-state index contributed by atoms with van der Waals surface area (Å²) >= 11 is 0. The standard InChI is InChI=1S/C16H20F3N3O/c17-12-5-6-13(15(19)14(12)18)21-7-9-22(10-8-21)16(23)20-11-3-1-2-4-11/h5-6,11H,1-4,7-10H2,(H,20,23). The molecule has 0 radical (unpaired) electrons. The fraction of sp³-hybridized carbons (Fsp3) is 0.562. The van der Waals surface area contributed by atoms with Crippen LogP contribution in [0.2, 0.25) is 0 Å². The van der Waals surface area contributed by atoms with Gasteiger partial charge in [-0.1, -0.05) is 12.8 Å². The van der Waals surface area contributed by atoms with Crippen molar-refractivity contribution in [1.82, 2.24) is 10.2 Å². The number of carbonyl (C=O) groups excluding carboxylic acids is 1. The average Bonchev–Trinajstić information content (AvgIpc) is 3.06. The van der Waals surface area contributed by atoms with E-state index in [0.717, 1.165) is 31.7 Å². The largest absolute Gasteiger partial charge is 0.366 e. The van der Waals surface area contributed by atoms with Crippen LogP contribution >= 0.6 is 0 Å². The van der Waals surface area contributed by atoms with Gasteiger partial charge in [-0.2, -0.15) is 0 Å². The normalized spacial score (nSPS) is 19.3. The van der Waals surface area contributed by atoms with Gasteiger partial charge in [0.1, 0.15) is 0 Å². The van der Waals surface area contributed by atoms with Gasteiger partial charge in [0, 0.05) is 32.2 Å². The molecular weight excluding hydrogens is 307 g/mol. The number of nitrogens with zero attached hydrogens (tertiary/aromatic N) is 2. The highest BCUT2D eigenvalue weighted by molar-refractivity contribution is 5.75. The van der Waals surface area contributed by atoms with E-state index in [-0.39, 0.29) is 17.8 Å². The number of hydrogen-bond acceptors (Lipinski definition) is 2. The molecule has 1 heterocycles. The lowest BCUT2D eigenvalue weighted by Crippen LogP contribution is -2.53. The first kappa shape index (κ1) is 16.0. The van der Waals surface area contributed by atoms with Gasteiger partial charge in [0.05, 0.1) is 5.69 Å². The molecule has 4 nitrogen and oxygen atoms in total. The molecule has 0 aromatic heterocycles. The second kappa shape index (κ2) is 6.68. The number of carbonyl (C=O) groups is 1.